The molecule has 0 spiro atoms. The zero-order valence-corrected chi connectivity index (χ0v) is 17.0. The topological polar surface area (TPSA) is 53.4 Å². The van der Waals surface area contributed by atoms with Crippen LogP contribution in [0.5, 0.6) is 11.5 Å². The van der Waals surface area contributed by atoms with Crippen LogP contribution in [0.1, 0.15) is 24.3 Å². The van der Waals surface area contributed by atoms with Gasteiger partial charge in [0.25, 0.3) is 5.56 Å². The van der Waals surface area contributed by atoms with Crippen LogP contribution in [0.2, 0.25) is 10.0 Å². The van der Waals surface area contributed by atoms with Crippen molar-refractivity contribution in [2.45, 2.75) is 23.9 Å². The zero-order chi connectivity index (χ0) is 19.3. The Bertz CT molecular complexity index is 1130. The van der Waals surface area contributed by atoms with Gasteiger partial charge in [0.05, 0.1) is 40.9 Å². The van der Waals surface area contributed by atoms with Gasteiger partial charge in [-0.1, -0.05) is 23.2 Å². The van der Waals surface area contributed by atoms with Gasteiger partial charge in [0, 0.05) is 12.1 Å². The average Bonchev–Trinajstić information content (AvgIpc) is 3.47. The fourth-order valence-corrected chi connectivity index (χ4v) is 4.02. The SMILES string of the molecule is COc1cc(-n2c(S)nc3cc(OC)c(C4CC4)cc3c2=O)c(Cl)cc1Cl. The molecule has 0 atom stereocenters. The van der Waals surface area contributed by atoms with E-state index in [9.17, 15) is 4.79 Å². The molecule has 0 saturated heterocycles. The summed E-state index contributed by atoms with van der Waals surface area (Å²) in [4.78, 5) is 17.8. The monoisotopic (exact) mass is 422 g/mol. The number of aromatic nitrogens is 2. The zero-order valence-electron chi connectivity index (χ0n) is 14.6. The highest BCUT2D eigenvalue weighted by atomic mass is 35.5. The van der Waals surface area contributed by atoms with Crippen molar-refractivity contribution in [1.29, 1.82) is 0 Å². The molecule has 0 amide bonds. The van der Waals surface area contributed by atoms with E-state index in [1.54, 1.807) is 19.2 Å². The average molecular weight is 423 g/mol. The Balaban J connectivity index is 2.01. The number of hydrogen-bond acceptors (Lipinski definition) is 5. The highest BCUT2D eigenvalue weighted by Crippen LogP contribution is 2.45. The molecule has 1 heterocycles. The Morgan fingerprint density at radius 3 is 2.41 bits per heavy atom. The molecule has 0 bridgehead atoms. The van der Waals surface area contributed by atoms with E-state index in [4.69, 9.17) is 32.7 Å². The lowest BCUT2D eigenvalue weighted by atomic mass is 10.1. The van der Waals surface area contributed by atoms with Gasteiger partial charge in [-0.05, 0) is 36.5 Å². The van der Waals surface area contributed by atoms with Crippen LogP contribution >= 0.6 is 35.8 Å². The minimum Gasteiger partial charge on any atom is -0.496 e. The molecule has 1 aliphatic rings. The maximum Gasteiger partial charge on any atom is 0.266 e. The first-order valence-electron chi connectivity index (χ1n) is 8.31. The number of fused-ring (bicyclic) bond motifs is 1. The van der Waals surface area contributed by atoms with Crippen molar-refractivity contribution in [3.8, 4) is 17.2 Å². The molecule has 1 fully saturated rings. The van der Waals surface area contributed by atoms with Gasteiger partial charge in [-0.15, -0.1) is 12.6 Å². The molecule has 1 saturated carbocycles. The molecule has 4 rings (SSSR count). The van der Waals surface area contributed by atoms with Crippen LogP contribution in [0, 0.1) is 0 Å². The number of thiol groups is 1. The minimum atomic E-state index is -0.263. The Hall–Kier alpha value is -1.89. The highest BCUT2D eigenvalue weighted by Gasteiger charge is 2.28. The Kier molecular flexibility index (Phi) is 4.74. The number of benzene rings is 2. The van der Waals surface area contributed by atoms with Crippen molar-refractivity contribution >= 4 is 46.7 Å². The molecule has 27 heavy (non-hydrogen) atoms. The predicted molar refractivity (Wildman–Crippen MR) is 110 cm³/mol. The molecule has 0 aliphatic heterocycles. The van der Waals surface area contributed by atoms with E-state index >= 15 is 0 Å². The van der Waals surface area contributed by atoms with Gasteiger partial charge in [0.15, 0.2) is 5.16 Å². The lowest BCUT2D eigenvalue weighted by Crippen LogP contribution is -2.21. The molecular weight excluding hydrogens is 407 g/mol. The molecule has 8 heteroatoms. The lowest BCUT2D eigenvalue weighted by molar-refractivity contribution is 0.410. The molecule has 2 aromatic carbocycles. The molecule has 0 radical (unpaired) electrons. The second-order valence-electron chi connectivity index (χ2n) is 6.38. The molecule has 0 N–H and O–H groups in total. The largest absolute Gasteiger partial charge is 0.496 e. The van der Waals surface area contributed by atoms with E-state index in [1.807, 2.05) is 6.07 Å². The van der Waals surface area contributed by atoms with Crippen molar-refractivity contribution in [1.82, 2.24) is 9.55 Å². The maximum absolute atomic E-state index is 13.3. The van der Waals surface area contributed by atoms with Crippen LogP contribution in [0.3, 0.4) is 0 Å². The summed E-state index contributed by atoms with van der Waals surface area (Å²) in [6, 6.07) is 6.79. The van der Waals surface area contributed by atoms with Crippen LogP contribution in [-0.4, -0.2) is 23.8 Å². The van der Waals surface area contributed by atoms with Gasteiger partial charge in [0.1, 0.15) is 11.5 Å². The molecule has 5 nitrogen and oxygen atoms in total. The number of hydrogen-bond donors (Lipinski definition) is 1. The van der Waals surface area contributed by atoms with Gasteiger partial charge in [0.2, 0.25) is 0 Å². The number of rotatable bonds is 4. The van der Waals surface area contributed by atoms with Crippen molar-refractivity contribution in [2.75, 3.05) is 14.2 Å². The van der Waals surface area contributed by atoms with Crippen LogP contribution in [0.25, 0.3) is 16.6 Å². The summed E-state index contributed by atoms with van der Waals surface area (Å²) in [5.41, 5.74) is 1.70. The van der Waals surface area contributed by atoms with E-state index in [1.165, 1.54) is 17.7 Å². The first-order chi connectivity index (χ1) is 12.9. The highest BCUT2D eigenvalue weighted by molar-refractivity contribution is 7.80. The smallest absolute Gasteiger partial charge is 0.266 e. The number of nitrogens with zero attached hydrogens (tertiary/aromatic N) is 2. The van der Waals surface area contributed by atoms with Crippen molar-refractivity contribution < 1.29 is 9.47 Å². The quantitative estimate of drug-likeness (QED) is 0.480. The Morgan fingerprint density at radius 2 is 1.78 bits per heavy atom. The van der Waals surface area contributed by atoms with Crippen LogP contribution < -0.4 is 15.0 Å². The van der Waals surface area contributed by atoms with Crippen LogP contribution in [0.15, 0.2) is 34.2 Å². The Morgan fingerprint density at radius 1 is 1.07 bits per heavy atom. The summed E-state index contributed by atoms with van der Waals surface area (Å²) in [7, 11) is 3.12. The fourth-order valence-electron chi connectivity index (χ4n) is 3.17. The second kappa shape index (κ2) is 6.93. The lowest BCUT2D eigenvalue weighted by Gasteiger charge is -2.15. The van der Waals surface area contributed by atoms with E-state index in [-0.39, 0.29) is 10.7 Å². The third-order valence-corrected chi connectivity index (χ3v) is 5.58. The predicted octanol–water partition coefficient (Wildman–Crippen LogP) is 4.88. The third-order valence-electron chi connectivity index (χ3n) is 4.68. The number of ether oxygens (including phenoxy) is 2. The molecule has 3 aromatic rings. The fraction of sp³-hybridized carbons (Fsp3) is 0.263. The normalized spacial score (nSPS) is 13.8. The molecule has 0 unspecified atom stereocenters. The summed E-state index contributed by atoms with van der Waals surface area (Å²) >= 11 is 16.9. The van der Waals surface area contributed by atoms with E-state index in [0.29, 0.717) is 38.3 Å². The van der Waals surface area contributed by atoms with Gasteiger partial charge in [-0.25, -0.2) is 4.98 Å². The van der Waals surface area contributed by atoms with E-state index < -0.39 is 0 Å². The summed E-state index contributed by atoms with van der Waals surface area (Å²) in [5, 5.41) is 1.35. The van der Waals surface area contributed by atoms with Crippen molar-refractivity contribution in [2.24, 2.45) is 0 Å². The molecule has 140 valence electrons. The summed E-state index contributed by atoms with van der Waals surface area (Å²) < 4.78 is 12.1. The number of methoxy groups -OCH3 is 2. The summed E-state index contributed by atoms with van der Waals surface area (Å²) in [6.07, 6.45) is 2.18. The van der Waals surface area contributed by atoms with Gasteiger partial charge < -0.3 is 9.47 Å². The second-order valence-corrected chi connectivity index (χ2v) is 7.59. The molecular formula is C19H16Cl2N2O3S. The van der Waals surface area contributed by atoms with E-state index in [2.05, 4.69) is 17.6 Å². The number of halogens is 2. The first kappa shape index (κ1) is 18.5. The van der Waals surface area contributed by atoms with Crippen molar-refractivity contribution in [3.63, 3.8) is 0 Å². The third kappa shape index (κ3) is 3.16. The summed E-state index contributed by atoms with van der Waals surface area (Å²) in [6.45, 7) is 0. The van der Waals surface area contributed by atoms with Crippen molar-refractivity contribution in [3.05, 3.63) is 50.2 Å². The van der Waals surface area contributed by atoms with Gasteiger partial charge >= 0.3 is 0 Å². The van der Waals surface area contributed by atoms with Crippen LogP contribution in [0.4, 0.5) is 0 Å². The molecule has 1 aromatic heterocycles. The van der Waals surface area contributed by atoms with Gasteiger partial charge in [-0.2, -0.15) is 0 Å². The molecule has 1 aliphatic carbocycles. The minimum absolute atomic E-state index is 0.208. The standard InChI is InChI=1S/C19H16Cl2N2O3S/c1-25-16-7-14-11(5-10(16)9-3-4-9)18(24)23(19(27)22-14)15-8-17(26-2)13(21)6-12(15)20/h5-9H,3-4H2,1-2H3,(H,22,27). The van der Waals surface area contributed by atoms with E-state index in [0.717, 1.165) is 24.2 Å². The van der Waals surface area contributed by atoms with Crippen LogP contribution in [-0.2, 0) is 0 Å². The van der Waals surface area contributed by atoms with Gasteiger partial charge in [-0.3, -0.25) is 9.36 Å². The first-order valence-corrected chi connectivity index (χ1v) is 9.52. The Labute approximate surface area is 171 Å². The summed E-state index contributed by atoms with van der Waals surface area (Å²) in [5.74, 6) is 1.57. The maximum atomic E-state index is 13.3.